The minimum absolute atomic E-state index is 0.0637. The predicted molar refractivity (Wildman–Crippen MR) is 71.5 cm³/mol. The first-order valence-corrected chi connectivity index (χ1v) is 6.02. The molecule has 0 bridgehead atoms. The molecule has 3 nitrogen and oxygen atoms in total. The number of pyridine rings is 1. The molecule has 0 saturated carbocycles. The Labute approximate surface area is 111 Å². The fourth-order valence-corrected chi connectivity index (χ4v) is 1.66. The number of amides is 1. The van der Waals surface area contributed by atoms with Gasteiger partial charge in [-0.2, -0.15) is 4.57 Å². The van der Waals surface area contributed by atoms with E-state index in [0.29, 0.717) is 11.6 Å². The Kier molecular flexibility index (Phi) is 3.95. The van der Waals surface area contributed by atoms with Crippen molar-refractivity contribution < 1.29 is 9.36 Å². The van der Waals surface area contributed by atoms with Crippen LogP contribution in [0.2, 0.25) is 5.02 Å². The van der Waals surface area contributed by atoms with Crippen LogP contribution in [0.15, 0.2) is 48.8 Å². The van der Waals surface area contributed by atoms with E-state index in [1.807, 2.05) is 36.0 Å². The lowest BCUT2D eigenvalue weighted by Gasteiger charge is -2.03. The van der Waals surface area contributed by atoms with Crippen molar-refractivity contribution in [1.29, 1.82) is 0 Å². The number of nitrogens with zero attached hydrogens (tertiary/aromatic N) is 1. The number of nitrogens with one attached hydrogen (secondary N) is 1. The van der Waals surface area contributed by atoms with Gasteiger partial charge in [0.15, 0.2) is 12.4 Å². The molecule has 0 aliphatic rings. The smallest absolute Gasteiger partial charge is 0.290 e. The second-order valence-corrected chi connectivity index (χ2v) is 4.54. The van der Waals surface area contributed by atoms with Crippen LogP contribution in [0.3, 0.4) is 0 Å². The van der Waals surface area contributed by atoms with Crippen LogP contribution in [0.25, 0.3) is 0 Å². The number of hydrogen-bond acceptors (Lipinski definition) is 1. The van der Waals surface area contributed by atoms with Gasteiger partial charge in [0.25, 0.3) is 5.91 Å². The van der Waals surface area contributed by atoms with E-state index in [0.717, 1.165) is 5.69 Å². The van der Waals surface area contributed by atoms with Gasteiger partial charge in [-0.05, 0) is 36.8 Å². The van der Waals surface area contributed by atoms with E-state index in [-0.39, 0.29) is 5.91 Å². The third-order valence-corrected chi connectivity index (χ3v) is 2.76. The number of rotatable bonds is 3. The number of carbonyl (C=O) groups excluding carboxylic acids is 1. The van der Waals surface area contributed by atoms with E-state index in [1.165, 1.54) is 5.56 Å². The molecule has 1 amide bonds. The van der Waals surface area contributed by atoms with Crippen molar-refractivity contribution in [2.75, 3.05) is 5.32 Å². The molecule has 0 atom stereocenters. The Bertz CT molecular complexity index is 485. The first-order valence-electron chi connectivity index (χ1n) is 5.64. The molecule has 4 heteroatoms. The van der Waals surface area contributed by atoms with Crippen molar-refractivity contribution in [2.45, 2.75) is 13.5 Å². The molecule has 2 rings (SSSR count). The third-order valence-electron chi connectivity index (χ3n) is 2.51. The highest BCUT2D eigenvalue weighted by Crippen LogP contribution is 2.13. The molecule has 0 unspecified atom stereocenters. The molecule has 0 spiro atoms. The number of aryl methyl sites for hydroxylation is 1. The van der Waals surface area contributed by atoms with Crippen LogP contribution in [-0.2, 0) is 11.3 Å². The summed E-state index contributed by atoms with van der Waals surface area (Å²) in [6.07, 6.45) is 3.77. The van der Waals surface area contributed by atoms with E-state index in [2.05, 4.69) is 5.32 Å². The lowest BCUT2D eigenvalue weighted by molar-refractivity contribution is -0.684. The Hall–Kier alpha value is -1.87. The van der Waals surface area contributed by atoms with Crippen LogP contribution < -0.4 is 9.88 Å². The molecule has 0 aliphatic carbocycles. The molecule has 0 fully saturated rings. The average molecular weight is 262 g/mol. The second kappa shape index (κ2) is 5.65. The van der Waals surface area contributed by atoms with Crippen LogP contribution >= 0.6 is 11.6 Å². The molecule has 1 N–H and O–H groups in total. The van der Waals surface area contributed by atoms with Gasteiger partial charge in [-0.15, -0.1) is 0 Å². The Morgan fingerprint density at radius 2 is 1.78 bits per heavy atom. The Morgan fingerprint density at radius 3 is 2.39 bits per heavy atom. The monoisotopic (exact) mass is 261 g/mol. The fourth-order valence-electron chi connectivity index (χ4n) is 1.54. The van der Waals surface area contributed by atoms with Crippen molar-refractivity contribution in [1.82, 2.24) is 0 Å². The highest BCUT2D eigenvalue weighted by atomic mass is 35.5. The van der Waals surface area contributed by atoms with E-state index in [4.69, 9.17) is 11.6 Å². The van der Waals surface area contributed by atoms with Crippen molar-refractivity contribution in [2.24, 2.45) is 0 Å². The number of carbonyl (C=O) groups is 1. The van der Waals surface area contributed by atoms with E-state index in [9.17, 15) is 4.79 Å². The van der Waals surface area contributed by atoms with Crippen molar-refractivity contribution >= 4 is 23.2 Å². The van der Waals surface area contributed by atoms with Crippen molar-refractivity contribution in [3.63, 3.8) is 0 Å². The zero-order chi connectivity index (χ0) is 13.0. The van der Waals surface area contributed by atoms with E-state index in [1.54, 1.807) is 24.3 Å². The lowest BCUT2D eigenvalue weighted by atomic mass is 10.3. The highest BCUT2D eigenvalue weighted by Gasteiger charge is 2.08. The molecular formula is C14H14ClN2O+. The maximum Gasteiger partial charge on any atom is 0.290 e. The largest absolute Gasteiger partial charge is 0.321 e. The predicted octanol–water partition coefficient (Wildman–Crippen LogP) is 2.57. The summed E-state index contributed by atoms with van der Waals surface area (Å²) in [5, 5.41) is 3.47. The minimum Gasteiger partial charge on any atom is -0.321 e. The first kappa shape index (κ1) is 12.6. The molecule has 18 heavy (non-hydrogen) atoms. The quantitative estimate of drug-likeness (QED) is 0.847. The third kappa shape index (κ3) is 3.57. The number of halogens is 1. The average Bonchev–Trinajstić information content (AvgIpc) is 2.35. The number of hydrogen-bond donors (Lipinski definition) is 1. The molecule has 92 valence electrons. The summed E-state index contributed by atoms with van der Waals surface area (Å²) in [4.78, 5) is 11.8. The molecule has 2 aromatic rings. The zero-order valence-electron chi connectivity index (χ0n) is 10.1. The van der Waals surface area contributed by atoms with Gasteiger partial charge in [0.05, 0.1) is 0 Å². The summed E-state index contributed by atoms with van der Waals surface area (Å²) in [6.45, 7) is 2.31. The van der Waals surface area contributed by atoms with Gasteiger partial charge >= 0.3 is 0 Å². The maximum atomic E-state index is 11.8. The van der Waals surface area contributed by atoms with Gasteiger partial charge in [-0.3, -0.25) is 4.79 Å². The zero-order valence-corrected chi connectivity index (χ0v) is 10.8. The van der Waals surface area contributed by atoms with Crippen LogP contribution in [-0.4, -0.2) is 5.91 Å². The van der Waals surface area contributed by atoms with Crippen LogP contribution in [0.1, 0.15) is 5.56 Å². The molecule has 0 aliphatic heterocycles. The summed E-state index contributed by atoms with van der Waals surface area (Å²) < 4.78 is 1.83. The second-order valence-electron chi connectivity index (χ2n) is 4.10. The Morgan fingerprint density at radius 1 is 1.17 bits per heavy atom. The Balaban J connectivity index is 1.96. The van der Waals surface area contributed by atoms with Crippen LogP contribution in [0, 0.1) is 6.92 Å². The fraction of sp³-hybridized carbons (Fsp3) is 0.143. The van der Waals surface area contributed by atoms with E-state index >= 15 is 0 Å². The van der Waals surface area contributed by atoms with Gasteiger partial charge in [-0.1, -0.05) is 11.6 Å². The molecule has 0 radical (unpaired) electrons. The molecule has 1 heterocycles. The van der Waals surface area contributed by atoms with Crippen molar-refractivity contribution in [3.05, 3.63) is 59.4 Å². The molecule has 0 saturated heterocycles. The summed E-state index contributed by atoms with van der Waals surface area (Å²) in [5.74, 6) is -0.0637. The molecule has 1 aromatic heterocycles. The number of benzene rings is 1. The minimum atomic E-state index is -0.0637. The summed E-state index contributed by atoms with van der Waals surface area (Å²) >= 11 is 5.78. The summed E-state index contributed by atoms with van der Waals surface area (Å²) in [6, 6.07) is 11.0. The van der Waals surface area contributed by atoms with Gasteiger partial charge < -0.3 is 5.32 Å². The van der Waals surface area contributed by atoms with Gasteiger partial charge in [0.2, 0.25) is 6.54 Å². The first-order chi connectivity index (χ1) is 8.63. The van der Waals surface area contributed by atoms with Crippen LogP contribution in [0.4, 0.5) is 5.69 Å². The van der Waals surface area contributed by atoms with Gasteiger partial charge in [0.1, 0.15) is 0 Å². The lowest BCUT2D eigenvalue weighted by Crippen LogP contribution is -2.39. The number of anilines is 1. The SMILES string of the molecule is Cc1cc[n+](CC(=O)Nc2ccc(Cl)cc2)cc1. The van der Waals surface area contributed by atoms with Crippen LogP contribution in [0.5, 0.6) is 0 Å². The van der Waals surface area contributed by atoms with E-state index < -0.39 is 0 Å². The summed E-state index contributed by atoms with van der Waals surface area (Å²) in [5.41, 5.74) is 1.92. The van der Waals surface area contributed by atoms with Gasteiger partial charge in [-0.25, -0.2) is 0 Å². The number of aromatic nitrogens is 1. The normalized spacial score (nSPS) is 10.1. The summed E-state index contributed by atoms with van der Waals surface area (Å²) in [7, 11) is 0. The highest BCUT2D eigenvalue weighted by molar-refractivity contribution is 6.30. The maximum absolute atomic E-state index is 11.8. The standard InChI is InChI=1S/C14H13ClN2O/c1-11-6-8-17(9-7-11)10-14(18)16-13-4-2-12(15)3-5-13/h2-9H,10H2,1H3/p+1. The van der Waals surface area contributed by atoms with Gasteiger partial charge in [0, 0.05) is 22.8 Å². The topological polar surface area (TPSA) is 33.0 Å². The molecular weight excluding hydrogens is 248 g/mol. The molecule has 1 aromatic carbocycles. The van der Waals surface area contributed by atoms with Crippen molar-refractivity contribution in [3.8, 4) is 0 Å².